The van der Waals surface area contributed by atoms with E-state index in [1.165, 1.54) is 12.0 Å². The molecule has 0 unspecified atom stereocenters. The van der Waals surface area contributed by atoms with Gasteiger partial charge in [0.2, 0.25) is 0 Å². The zero-order valence-corrected chi connectivity index (χ0v) is 27.1. The Morgan fingerprint density at radius 1 is 0.909 bits per heavy atom. The molecule has 0 aliphatic carbocycles. The Balaban J connectivity index is 1.28. The molecule has 5 aromatic rings. The lowest BCUT2D eigenvalue weighted by Gasteiger charge is -2.12. The Morgan fingerprint density at radius 2 is 1.55 bits per heavy atom. The van der Waals surface area contributed by atoms with Crippen molar-refractivity contribution in [3.63, 3.8) is 0 Å². The predicted molar refractivity (Wildman–Crippen MR) is 176 cm³/mol. The first-order chi connectivity index (χ1) is 21.2. The predicted octanol–water partition coefficient (Wildman–Crippen LogP) is 7.07. The van der Waals surface area contributed by atoms with Crippen molar-refractivity contribution in [2.45, 2.75) is 39.8 Å². The van der Waals surface area contributed by atoms with E-state index in [0.29, 0.717) is 17.9 Å². The van der Waals surface area contributed by atoms with Crippen LogP contribution >= 0.6 is 27.3 Å². The van der Waals surface area contributed by atoms with Gasteiger partial charge in [0.05, 0.1) is 19.2 Å². The number of amides is 1. The second kappa shape index (κ2) is 12.3. The van der Waals surface area contributed by atoms with Gasteiger partial charge in [0.1, 0.15) is 16.9 Å². The van der Waals surface area contributed by atoms with E-state index in [2.05, 4.69) is 69.6 Å². The van der Waals surface area contributed by atoms with Gasteiger partial charge in [0.15, 0.2) is 5.82 Å². The van der Waals surface area contributed by atoms with Gasteiger partial charge in [-0.05, 0) is 67.3 Å². The number of carbonyl (C=O) groups excluding carboxylic acids is 2. The summed E-state index contributed by atoms with van der Waals surface area (Å²) in [5, 5.41) is 12.7. The number of aromatic nitrogens is 3. The van der Waals surface area contributed by atoms with Crippen molar-refractivity contribution >= 4 is 44.9 Å². The number of ether oxygens (including phenoxy) is 1. The second-order valence-corrected chi connectivity index (χ2v) is 12.8. The van der Waals surface area contributed by atoms with Gasteiger partial charge in [-0.1, -0.05) is 64.5 Å². The molecule has 222 valence electrons. The van der Waals surface area contributed by atoms with Gasteiger partial charge in [-0.25, -0.2) is 0 Å². The van der Waals surface area contributed by atoms with Crippen LogP contribution in [0.3, 0.4) is 0 Å². The number of hydrogen-bond acceptors (Lipinski definition) is 7. The van der Waals surface area contributed by atoms with Crippen LogP contribution in [0.1, 0.15) is 61.6 Å². The fourth-order valence-electron chi connectivity index (χ4n) is 5.29. The van der Waals surface area contributed by atoms with Crippen LogP contribution in [0.15, 0.2) is 82.3 Å². The van der Waals surface area contributed by atoms with Crippen molar-refractivity contribution in [1.29, 1.82) is 0 Å². The van der Waals surface area contributed by atoms with Gasteiger partial charge < -0.3 is 10.1 Å². The van der Waals surface area contributed by atoms with Crippen LogP contribution in [0.25, 0.3) is 16.1 Å². The Labute approximate surface area is 268 Å². The van der Waals surface area contributed by atoms with Crippen molar-refractivity contribution in [2.24, 2.45) is 4.99 Å². The first-order valence-corrected chi connectivity index (χ1v) is 15.7. The molecule has 1 aliphatic heterocycles. The second-order valence-electron chi connectivity index (χ2n) is 10.6. The topological polar surface area (TPSA) is 98.5 Å². The number of rotatable bonds is 7. The largest absolute Gasteiger partial charge is 0.469 e. The lowest BCUT2D eigenvalue weighted by molar-refractivity contribution is -0.141. The van der Waals surface area contributed by atoms with E-state index in [4.69, 9.17) is 9.73 Å². The third-order valence-electron chi connectivity index (χ3n) is 7.83. The number of carbonyl (C=O) groups is 2. The number of thiophene rings is 1. The highest BCUT2D eigenvalue weighted by Gasteiger charge is 2.32. The fraction of sp³-hybridized carbons (Fsp3) is 0.206. The fourth-order valence-corrected chi connectivity index (χ4v) is 6.77. The minimum absolute atomic E-state index is 0.0617. The minimum Gasteiger partial charge on any atom is -0.469 e. The zero-order valence-electron chi connectivity index (χ0n) is 24.7. The highest BCUT2D eigenvalue weighted by Crippen LogP contribution is 2.39. The standard InChI is InChI=1S/C34H30BrN5O3S/c1-19-20(2)44-34-30(19)31(37-28(17-29(41)43-4)32-39-38-21(3)40(32)34)25-11-7-23(8-12-25)24-9-13-26(14-10-24)33(42)36-18-22-5-15-27(35)16-6-22/h5-16,28H,17-18H2,1-4H3,(H,36,42)/t28-/m0/s1. The summed E-state index contributed by atoms with van der Waals surface area (Å²) in [4.78, 5) is 31.4. The molecule has 3 aromatic carbocycles. The highest BCUT2D eigenvalue weighted by atomic mass is 79.9. The highest BCUT2D eigenvalue weighted by molar-refractivity contribution is 9.10. The van der Waals surface area contributed by atoms with Crippen molar-refractivity contribution in [3.8, 4) is 16.1 Å². The molecule has 0 saturated carbocycles. The number of aliphatic imine (C=N–C) groups is 1. The molecule has 0 fully saturated rings. The van der Waals surface area contributed by atoms with Crippen LogP contribution in [-0.2, 0) is 16.1 Å². The summed E-state index contributed by atoms with van der Waals surface area (Å²) in [6.45, 7) is 6.58. The number of nitrogens with zero attached hydrogens (tertiary/aromatic N) is 4. The van der Waals surface area contributed by atoms with Gasteiger partial charge in [-0.3, -0.25) is 19.1 Å². The summed E-state index contributed by atoms with van der Waals surface area (Å²) in [5.41, 5.74) is 7.56. The van der Waals surface area contributed by atoms with Crippen molar-refractivity contribution < 1.29 is 14.3 Å². The number of aryl methyl sites for hydroxylation is 2. The van der Waals surface area contributed by atoms with Gasteiger partial charge in [0.25, 0.3) is 5.91 Å². The van der Waals surface area contributed by atoms with E-state index in [9.17, 15) is 9.59 Å². The third kappa shape index (κ3) is 5.75. The molecule has 1 N–H and O–H groups in total. The van der Waals surface area contributed by atoms with E-state index < -0.39 is 6.04 Å². The van der Waals surface area contributed by atoms with E-state index in [0.717, 1.165) is 54.4 Å². The summed E-state index contributed by atoms with van der Waals surface area (Å²) >= 11 is 5.11. The number of fused-ring (bicyclic) bond motifs is 3. The quantitative estimate of drug-likeness (QED) is 0.187. The first kappa shape index (κ1) is 29.7. The molecule has 8 nitrogen and oxygen atoms in total. The van der Waals surface area contributed by atoms with Crippen LogP contribution in [0, 0.1) is 20.8 Å². The molecule has 2 aromatic heterocycles. The van der Waals surface area contributed by atoms with Crippen LogP contribution in [0.2, 0.25) is 0 Å². The summed E-state index contributed by atoms with van der Waals surface area (Å²) in [5.74, 6) is 0.896. The SMILES string of the molecule is COC(=O)C[C@@H]1N=C(c2ccc(-c3ccc(C(=O)NCc4ccc(Br)cc4)cc3)cc2)c2c(sc(C)c2C)-n2c(C)nnc21. The number of halogens is 1. The lowest BCUT2D eigenvalue weighted by atomic mass is 9.96. The third-order valence-corrected chi connectivity index (χ3v) is 9.55. The normalized spacial score (nSPS) is 13.8. The Hall–Kier alpha value is -4.41. The molecule has 0 saturated heterocycles. The number of methoxy groups -OCH3 is 1. The maximum Gasteiger partial charge on any atom is 0.308 e. The monoisotopic (exact) mass is 667 g/mol. The van der Waals surface area contributed by atoms with Gasteiger partial charge in [-0.2, -0.15) is 0 Å². The van der Waals surface area contributed by atoms with E-state index in [1.807, 2.05) is 60.0 Å². The van der Waals surface area contributed by atoms with Gasteiger partial charge in [-0.15, -0.1) is 21.5 Å². The molecule has 1 atom stereocenters. The molecule has 0 spiro atoms. The smallest absolute Gasteiger partial charge is 0.308 e. The summed E-state index contributed by atoms with van der Waals surface area (Å²) < 4.78 is 8.02. The lowest BCUT2D eigenvalue weighted by Crippen LogP contribution is -2.22. The average Bonchev–Trinajstić information content (AvgIpc) is 3.52. The van der Waals surface area contributed by atoms with E-state index in [1.54, 1.807) is 11.3 Å². The molecule has 0 radical (unpaired) electrons. The molecule has 44 heavy (non-hydrogen) atoms. The van der Waals surface area contributed by atoms with Crippen molar-refractivity contribution in [2.75, 3.05) is 7.11 Å². The van der Waals surface area contributed by atoms with Crippen LogP contribution in [0.5, 0.6) is 0 Å². The van der Waals surface area contributed by atoms with Crippen LogP contribution < -0.4 is 5.32 Å². The number of hydrogen-bond donors (Lipinski definition) is 1. The Kier molecular flexibility index (Phi) is 8.29. The molecule has 6 rings (SSSR count). The molecule has 0 bridgehead atoms. The first-order valence-electron chi connectivity index (χ1n) is 14.1. The maximum absolute atomic E-state index is 12.7. The average molecular weight is 669 g/mol. The Bertz CT molecular complexity index is 1890. The van der Waals surface area contributed by atoms with Crippen LogP contribution in [0.4, 0.5) is 0 Å². The number of benzene rings is 3. The van der Waals surface area contributed by atoms with Crippen LogP contribution in [-0.4, -0.2) is 39.5 Å². The van der Waals surface area contributed by atoms with Crippen molar-refractivity contribution in [3.05, 3.63) is 122 Å². The van der Waals surface area contributed by atoms with Gasteiger partial charge in [0, 0.05) is 32.6 Å². The number of esters is 1. The molecule has 1 amide bonds. The van der Waals surface area contributed by atoms with Crippen molar-refractivity contribution in [1.82, 2.24) is 20.1 Å². The minimum atomic E-state index is -0.542. The molecule has 3 heterocycles. The van der Waals surface area contributed by atoms with E-state index in [-0.39, 0.29) is 18.3 Å². The zero-order chi connectivity index (χ0) is 31.0. The maximum atomic E-state index is 12.7. The number of nitrogens with one attached hydrogen (secondary N) is 1. The molecule has 1 aliphatic rings. The summed E-state index contributed by atoms with van der Waals surface area (Å²) in [6.07, 6.45) is 0.0617. The molecular formula is C34H30BrN5O3S. The Morgan fingerprint density at radius 3 is 2.20 bits per heavy atom. The summed E-state index contributed by atoms with van der Waals surface area (Å²) in [6, 6.07) is 23.1. The summed E-state index contributed by atoms with van der Waals surface area (Å²) in [7, 11) is 1.38. The molecular weight excluding hydrogens is 638 g/mol. The van der Waals surface area contributed by atoms with E-state index >= 15 is 0 Å². The van der Waals surface area contributed by atoms with Gasteiger partial charge >= 0.3 is 5.97 Å². The molecule has 10 heteroatoms.